The Bertz CT molecular complexity index is 723. The van der Waals surface area contributed by atoms with Gasteiger partial charge in [-0.15, -0.1) is 24.0 Å². The largest absolute Gasteiger partial charge is 0.416 e. The van der Waals surface area contributed by atoms with Crippen molar-refractivity contribution < 1.29 is 22.3 Å². The number of halogens is 5. The number of morpholine rings is 1. The Balaban J connectivity index is 0.00000320. The normalized spacial score (nSPS) is 23.2. The molecule has 3 rings (SSSR count). The van der Waals surface area contributed by atoms with Crippen LogP contribution in [-0.4, -0.2) is 67.8 Å². The Morgan fingerprint density at radius 2 is 2.00 bits per heavy atom. The predicted molar refractivity (Wildman–Crippen MR) is 122 cm³/mol. The summed E-state index contributed by atoms with van der Waals surface area (Å²) < 4.78 is 58.3. The number of rotatable bonds is 5. The summed E-state index contributed by atoms with van der Waals surface area (Å²) in [6.07, 6.45) is -3.57. The first-order valence-corrected chi connectivity index (χ1v) is 10.7. The van der Waals surface area contributed by atoms with Gasteiger partial charge in [0.1, 0.15) is 5.82 Å². The number of aliphatic imine (C=N–C) groups is 1. The molecule has 11 heteroatoms. The molecular formula is C19H27F4IN4OS. The Hall–Kier alpha value is -0.790. The second-order valence-electron chi connectivity index (χ2n) is 7.20. The number of alkyl halides is 3. The molecule has 0 aromatic heterocycles. The van der Waals surface area contributed by atoms with E-state index in [9.17, 15) is 17.6 Å². The highest BCUT2D eigenvalue weighted by atomic mass is 127. The summed E-state index contributed by atoms with van der Waals surface area (Å²) in [6, 6.07) is 2.71. The molecule has 170 valence electrons. The molecule has 0 bridgehead atoms. The van der Waals surface area contributed by atoms with Crippen molar-refractivity contribution in [3.63, 3.8) is 0 Å². The lowest BCUT2D eigenvalue weighted by molar-refractivity contribution is -0.138. The molecule has 30 heavy (non-hydrogen) atoms. The third-order valence-corrected chi connectivity index (χ3v) is 6.63. The maximum Gasteiger partial charge on any atom is 0.416 e. The van der Waals surface area contributed by atoms with Crippen LogP contribution >= 0.6 is 35.7 Å². The van der Waals surface area contributed by atoms with E-state index in [-0.39, 0.29) is 41.6 Å². The van der Waals surface area contributed by atoms with E-state index in [2.05, 4.69) is 20.5 Å². The van der Waals surface area contributed by atoms with Crippen LogP contribution in [0.15, 0.2) is 23.2 Å². The van der Waals surface area contributed by atoms with E-state index in [1.54, 1.807) is 7.05 Å². The Morgan fingerprint density at radius 1 is 1.27 bits per heavy atom. The molecule has 2 N–H and O–H groups in total. The topological polar surface area (TPSA) is 48.9 Å². The van der Waals surface area contributed by atoms with Gasteiger partial charge in [-0.3, -0.25) is 9.89 Å². The van der Waals surface area contributed by atoms with Crippen LogP contribution in [0.25, 0.3) is 0 Å². The lowest BCUT2D eigenvalue weighted by Gasteiger charge is -2.43. The molecular weight excluding hydrogens is 535 g/mol. The van der Waals surface area contributed by atoms with E-state index in [1.165, 1.54) is 0 Å². The van der Waals surface area contributed by atoms with Crippen LogP contribution in [0, 0.1) is 5.82 Å². The monoisotopic (exact) mass is 562 g/mol. The van der Waals surface area contributed by atoms with Crippen LogP contribution in [-0.2, 0) is 17.5 Å². The zero-order valence-electron chi connectivity index (χ0n) is 16.7. The zero-order chi connectivity index (χ0) is 20.9. The fourth-order valence-corrected chi connectivity index (χ4v) is 5.23. The summed E-state index contributed by atoms with van der Waals surface area (Å²) in [7, 11) is 1.58. The molecule has 0 spiro atoms. The van der Waals surface area contributed by atoms with Crippen molar-refractivity contribution in [1.82, 2.24) is 15.5 Å². The van der Waals surface area contributed by atoms with Gasteiger partial charge in [-0.05, 0) is 29.9 Å². The van der Waals surface area contributed by atoms with Crippen LogP contribution in [0.2, 0.25) is 0 Å². The smallest absolute Gasteiger partial charge is 0.379 e. The van der Waals surface area contributed by atoms with Crippen molar-refractivity contribution in [3.05, 3.63) is 35.1 Å². The average molecular weight is 562 g/mol. The van der Waals surface area contributed by atoms with Crippen molar-refractivity contribution in [1.29, 1.82) is 0 Å². The van der Waals surface area contributed by atoms with Crippen molar-refractivity contribution >= 4 is 41.7 Å². The minimum absolute atomic E-state index is 0. The second kappa shape index (κ2) is 11.2. The molecule has 1 unspecified atom stereocenters. The summed E-state index contributed by atoms with van der Waals surface area (Å²) in [5, 5.41) is 6.21. The number of nitrogens with zero attached hydrogens (tertiary/aromatic N) is 2. The molecule has 0 aliphatic carbocycles. The molecule has 2 aliphatic rings. The minimum Gasteiger partial charge on any atom is -0.379 e. The molecule has 2 saturated heterocycles. The standard InChI is InChI=1S/C19H26F4N4OS.HI/c1-24-17(25-11-14-2-3-15(20)10-16(14)19(21,22)23)26-12-18(4-9-29-13-18)27-5-7-28-8-6-27;/h2-3,10H,4-9,11-13H2,1H3,(H2,24,25,26);1H. The molecule has 2 fully saturated rings. The van der Waals surface area contributed by atoms with E-state index in [1.807, 2.05) is 11.8 Å². The van der Waals surface area contributed by atoms with Gasteiger partial charge in [0.2, 0.25) is 0 Å². The molecule has 0 saturated carbocycles. The third kappa shape index (κ3) is 6.36. The maximum atomic E-state index is 13.3. The van der Waals surface area contributed by atoms with E-state index in [4.69, 9.17) is 4.74 Å². The third-order valence-electron chi connectivity index (χ3n) is 5.40. The van der Waals surface area contributed by atoms with Gasteiger partial charge >= 0.3 is 6.18 Å². The van der Waals surface area contributed by atoms with Gasteiger partial charge in [-0.1, -0.05) is 6.07 Å². The fraction of sp³-hybridized carbons (Fsp3) is 0.632. The molecule has 2 aliphatic heterocycles. The summed E-state index contributed by atoms with van der Waals surface area (Å²) >= 11 is 1.91. The predicted octanol–water partition coefficient (Wildman–Crippen LogP) is 3.34. The number of guanidine groups is 1. The summed E-state index contributed by atoms with van der Waals surface area (Å²) in [4.78, 5) is 6.58. The van der Waals surface area contributed by atoms with Gasteiger partial charge in [0.05, 0.1) is 18.8 Å². The lowest BCUT2D eigenvalue weighted by atomic mass is 9.95. The van der Waals surface area contributed by atoms with Gasteiger partial charge in [-0.25, -0.2) is 4.39 Å². The molecule has 0 amide bonds. The summed E-state index contributed by atoms with van der Waals surface area (Å²) in [6.45, 7) is 3.72. The van der Waals surface area contributed by atoms with Crippen LogP contribution < -0.4 is 10.6 Å². The van der Waals surface area contributed by atoms with Gasteiger partial charge in [-0.2, -0.15) is 24.9 Å². The van der Waals surface area contributed by atoms with Gasteiger partial charge in [0, 0.05) is 44.5 Å². The second-order valence-corrected chi connectivity index (χ2v) is 8.31. The number of ether oxygens (including phenoxy) is 1. The highest BCUT2D eigenvalue weighted by molar-refractivity contribution is 14.0. The minimum atomic E-state index is -4.61. The average Bonchev–Trinajstić information content (AvgIpc) is 3.19. The molecule has 2 heterocycles. The number of thioether (sulfide) groups is 1. The van der Waals surface area contributed by atoms with Gasteiger partial charge in [0.25, 0.3) is 0 Å². The van der Waals surface area contributed by atoms with E-state index in [0.717, 1.165) is 43.1 Å². The highest BCUT2D eigenvalue weighted by Crippen LogP contribution is 2.34. The first kappa shape index (κ1) is 25.5. The van der Waals surface area contributed by atoms with Crippen LogP contribution in [0.4, 0.5) is 17.6 Å². The Morgan fingerprint density at radius 3 is 2.60 bits per heavy atom. The number of benzene rings is 1. The summed E-state index contributed by atoms with van der Waals surface area (Å²) in [5.41, 5.74) is -1.02. The fourth-order valence-electron chi connectivity index (χ4n) is 3.75. The quantitative estimate of drug-likeness (QED) is 0.250. The van der Waals surface area contributed by atoms with Crippen molar-refractivity contribution in [2.24, 2.45) is 4.99 Å². The highest BCUT2D eigenvalue weighted by Gasteiger charge is 2.40. The van der Waals surface area contributed by atoms with Crippen LogP contribution in [0.1, 0.15) is 17.5 Å². The zero-order valence-corrected chi connectivity index (χ0v) is 19.9. The van der Waals surface area contributed by atoms with Crippen molar-refractivity contribution in [2.45, 2.75) is 24.7 Å². The molecule has 1 aromatic rings. The molecule has 1 aromatic carbocycles. The van der Waals surface area contributed by atoms with Gasteiger partial charge < -0.3 is 15.4 Å². The SMILES string of the molecule is CN=C(NCc1ccc(F)cc1C(F)(F)F)NCC1(N2CCOCC2)CCSC1.I. The Labute approximate surface area is 195 Å². The lowest BCUT2D eigenvalue weighted by Crippen LogP contribution is -2.60. The van der Waals surface area contributed by atoms with Gasteiger partial charge in [0.15, 0.2) is 5.96 Å². The molecule has 1 atom stereocenters. The Kier molecular flexibility index (Phi) is 9.50. The molecule has 5 nitrogen and oxygen atoms in total. The first-order valence-electron chi connectivity index (χ1n) is 9.55. The van der Waals surface area contributed by atoms with Crippen molar-refractivity contribution in [2.75, 3.05) is 51.4 Å². The number of nitrogens with one attached hydrogen (secondary N) is 2. The number of hydrogen-bond acceptors (Lipinski definition) is 4. The summed E-state index contributed by atoms with van der Waals surface area (Å²) in [5.74, 6) is 1.59. The maximum absolute atomic E-state index is 13.3. The van der Waals surface area contributed by atoms with E-state index in [0.29, 0.717) is 31.8 Å². The van der Waals surface area contributed by atoms with Crippen molar-refractivity contribution in [3.8, 4) is 0 Å². The van der Waals surface area contributed by atoms with Crippen LogP contribution in [0.3, 0.4) is 0 Å². The van der Waals surface area contributed by atoms with E-state index < -0.39 is 17.6 Å². The van der Waals surface area contributed by atoms with E-state index >= 15 is 0 Å². The van der Waals surface area contributed by atoms with Crippen LogP contribution in [0.5, 0.6) is 0 Å². The molecule has 0 radical (unpaired) electrons. The first-order chi connectivity index (χ1) is 13.8. The number of hydrogen-bond donors (Lipinski definition) is 2.